The smallest absolute Gasteiger partial charge is 0.295 e. The Bertz CT molecular complexity index is 1400. The summed E-state index contributed by atoms with van der Waals surface area (Å²) < 4.78 is 11.8. The molecule has 0 aromatic heterocycles. The summed E-state index contributed by atoms with van der Waals surface area (Å²) in [6.07, 6.45) is 0. The van der Waals surface area contributed by atoms with Crippen LogP contribution < -0.4 is 14.4 Å². The highest BCUT2D eigenvalue weighted by atomic mass is 16.5. The highest BCUT2D eigenvalue weighted by Gasteiger charge is 2.46. The van der Waals surface area contributed by atoms with Crippen molar-refractivity contribution in [3.05, 3.63) is 95.1 Å². The Balaban J connectivity index is 1.54. The van der Waals surface area contributed by atoms with Gasteiger partial charge in [-0.2, -0.15) is 0 Å². The van der Waals surface area contributed by atoms with Crippen LogP contribution in [-0.4, -0.2) is 74.0 Å². The maximum atomic E-state index is 13.4. The minimum Gasteiger partial charge on any atom is -0.507 e. The first-order chi connectivity index (χ1) is 18.8. The minimum absolute atomic E-state index is 0.0679. The molecule has 8 heteroatoms. The molecule has 1 unspecified atom stereocenters. The van der Waals surface area contributed by atoms with Crippen LogP contribution in [0.4, 0.5) is 5.69 Å². The van der Waals surface area contributed by atoms with Gasteiger partial charge in [0.25, 0.3) is 11.7 Å². The Morgan fingerprint density at radius 2 is 1.85 bits per heavy atom. The number of hydrogen-bond acceptors (Lipinski definition) is 7. The number of ketones is 1. The lowest BCUT2D eigenvalue weighted by atomic mass is 9.94. The number of likely N-dealkylation sites (N-methyl/N-ethyl adjacent to an activating group) is 2. The van der Waals surface area contributed by atoms with Crippen LogP contribution in [0.5, 0.6) is 11.5 Å². The second-order valence-corrected chi connectivity index (χ2v) is 10.1. The molecule has 0 spiro atoms. The van der Waals surface area contributed by atoms with E-state index in [1.54, 1.807) is 18.2 Å². The van der Waals surface area contributed by atoms with E-state index in [0.29, 0.717) is 55.5 Å². The van der Waals surface area contributed by atoms with Gasteiger partial charge in [0.15, 0.2) is 0 Å². The van der Waals surface area contributed by atoms with Gasteiger partial charge in [-0.1, -0.05) is 42.5 Å². The Morgan fingerprint density at radius 1 is 1.05 bits per heavy atom. The molecule has 3 aromatic carbocycles. The molecule has 3 aromatic rings. The highest BCUT2D eigenvalue weighted by molar-refractivity contribution is 6.46. The molecule has 1 N–H and O–H groups in total. The van der Waals surface area contributed by atoms with Gasteiger partial charge in [-0.15, -0.1) is 0 Å². The van der Waals surface area contributed by atoms with Gasteiger partial charge in [0.2, 0.25) is 0 Å². The second kappa shape index (κ2) is 11.2. The number of aliphatic hydroxyl groups excluding tert-OH is 1. The number of nitrogens with zero attached hydrogens (tertiary/aromatic N) is 3. The van der Waals surface area contributed by atoms with Crippen molar-refractivity contribution in [1.29, 1.82) is 0 Å². The van der Waals surface area contributed by atoms with E-state index >= 15 is 0 Å². The summed E-state index contributed by atoms with van der Waals surface area (Å²) in [7, 11) is 5.77. The molecule has 202 valence electrons. The maximum absolute atomic E-state index is 13.4. The highest BCUT2D eigenvalue weighted by Crippen LogP contribution is 2.41. The Hall–Kier alpha value is -4.30. The van der Waals surface area contributed by atoms with E-state index in [4.69, 9.17) is 9.47 Å². The van der Waals surface area contributed by atoms with Gasteiger partial charge in [-0.3, -0.25) is 9.59 Å². The summed E-state index contributed by atoms with van der Waals surface area (Å²) >= 11 is 0. The summed E-state index contributed by atoms with van der Waals surface area (Å²) in [5.41, 5.74) is 3.07. The number of amides is 1. The van der Waals surface area contributed by atoms with Crippen molar-refractivity contribution in [1.82, 2.24) is 9.80 Å². The SMILES string of the molecule is CN(C)CCN1C(=O)C(=O)/C(=C(\O)c2ccc3c(c2)N(C)CCO3)C1c1cccc(OCc2ccccc2)c1. The van der Waals surface area contributed by atoms with E-state index in [2.05, 4.69) is 0 Å². The average Bonchev–Trinajstić information content (AvgIpc) is 3.20. The lowest BCUT2D eigenvalue weighted by Crippen LogP contribution is -2.35. The molecule has 0 radical (unpaired) electrons. The molecule has 1 fully saturated rings. The normalized spacial score (nSPS) is 18.3. The van der Waals surface area contributed by atoms with E-state index in [0.717, 1.165) is 11.3 Å². The first-order valence-electron chi connectivity index (χ1n) is 13.0. The van der Waals surface area contributed by atoms with Crippen LogP contribution >= 0.6 is 0 Å². The standard InChI is InChI=1S/C31H33N3O5/c1-32(2)14-15-34-28(22-10-7-11-24(18-22)39-20-21-8-5-4-6-9-21)27(30(36)31(34)37)29(35)23-12-13-26-25(19-23)33(3)16-17-38-26/h4-13,18-19,28,35H,14-17,20H2,1-3H3/b29-27-. The average molecular weight is 528 g/mol. The Labute approximate surface area is 228 Å². The fourth-order valence-electron chi connectivity index (χ4n) is 4.93. The number of aliphatic hydroxyl groups is 1. The third-order valence-corrected chi connectivity index (χ3v) is 7.08. The van der Waals surface area contributed by atoms with Crippen LogP contribution in [0.2, 0.25) is 0 Å². The van der Waals surface area contributed by atoms with E-state index in [9.17, 15) is 14.7 Å². The molecule has 2 aliphatic heterocycles. The molecule has 0 bridgehead atoms. The van der Waals surface area contributed by atoms with Crippen LogP contribution in [-0.2, 0) is 16.2 Å². The van der Waals surface area contributed by atoms with Crippen molar-refractivity contribution < 1.29 is 24.2 Å². The largest absolute Gasteiger partial charge is 0.507 e. The van der Waals surface area contributed by atoms with Crippen molar-refractivity contribution in [2.75, 3.05) is 52.3 Å². The van der Waals surface area contributed by atoms with Crippen molar-refractivity contribution in [2.24, 2.45) is 0 Å². The predicted octanol–water partition coefficient (Wildman–Crippen LogP) is 4.08. The number of benzene rings is 3. The number of fused-ring (bicyclic) bond motifs is 1. The number of hydrogen-bond donors (Lipinski definition) is 1. The lowest BCUT2D eigenvalue weighted by Gasteiger charge is -2.28. The number of rotatable bonds is 8. The fourth-order valence-corrected chi connectivity index (χ4v) is 4.93. The third-order valence-electron chi connectivity index (χ3n) is 7.08. The molecule has 1 atom stereocenters. The van der Waals surface area contributed by atoms with E-state index < -0.39 is 17.7 Å². The Morgan fingerprint density at radius 3 is 2.62 bits per heavy atom. The van der Waals surface area contributed by atoms with Crippen LogP contribution in [0.15, 0.2) is 78.4 Å². The molecule has 8 nitrogen and oxygen atoms in total. The van der Waals surface area contributed by atoms with E-state index in [1.807, 2.05) is 85.5 Å². The first-order valence-corrected chi connectivity index (χ1v) is 13.0. The maximum Gasteiger partial charge on any atom is 0.295 e. The van der Waals surface area contributed by atoms with Gasteiger partial charge in [0.05, 0.1) is 23.8 Å². The molecule has 1 amide bonds. The summed E-state index contributed by atoms with van der Waals surface area (Å²) in [4.78, 5) is 32.2. The number of likely N-dealkylation sites (tertiary alicyclic amines) is 1. The fraction of sp³-hybridized carbons (Fsp3) is 0.290. The molecule has 2 heterocycles. The zero-order chi connectivity index (χ0) is 27.5. The number of Topliss-reactive ketones (excluding diaryl/α,β-unsaturated/α-hetero) is 1. The summed E-state index contributed by atoms with van der Waals surface area (Å²) in [5.74, 6) is -0.205. The summed E-state index contributed by atoms with van der Waals surface area (Å²) in [6.45, 7) is 2.57. The topological polar surface area (TPSA) is 82.6 Å². The van der Waals surface area contributed by atoms with Crippen LogP contribution in [0.3, 0.4) is 0 Å². The molecular formula is C31H33N3O5. The van der Waals surface area contributed by atoms with Crippen molar-refractivity contribution in [3.63, 3.8) is 0 Å². The summed E-state index contributed by atoms with van der Waals surface area (Å²) in [6, 6.07) is 21.8. The zero-order valence-corrected chi connectivity index (χ0v) is 22.5. The molecule has 39 heavy (non-hydrogen) atoms. The quantitative estimate of drug-likeness (QED) is 0.269. The van der Waals surface area contributed by atoms with Crippen molar-refractivity contribution >= 4 is 23.1 Å². The van der Waals surface area contributed by atoms with Crippen molar-refractivity contribution in [2.45, 2.75) is 12.6 Å². The monoisotopic (exact) mass is 527 g/mol. The number of anilines is 1. The molecule has 5 rings (SSSR count). The molecule has 1 saturated heterocycles. The lowest BCUT2D eigenvalue weighted by molar-refractivity contribution is -0.140. The summed E-state index contributed by atoms with van der Waals surface area (Å²) in [5, 5.41) is 11.5. The van der Waals surface area contributed by atoms with Gasteiger partial charge in [-0.05, 0) is 55.6 Å². The van der Waals surface area contributed by atoms with Gasteiger partial charge in [0.1, 0.15) is 30.5 Å². The number of ether oxygens (including phenoxy) is 2. The van der Waals surface area contributed by atoms with Crippen LogP contribution in [0.1, 0.15) is 22.7 Å². The van der Waals surface area contributed by atoms with Crippen LogP contribution in [0.25, 0.3) is 5.76 Å². The molecular weight excluding hydrogens is 494 g/mol. The molecule has 0 aliphatic carbocycles. The number of carbonyl (C=O) groups excluding carboxylic acids is 2. The molecule has 2 aliphatic rings. The van der Waals surface area contributed by atoms with E-state index in [-0.39, 0.29) is 11.3 Å². The van der Waals surface area contributed by atoms with Gasteiger partial charge < -0.3 is 29.3 Å². The zero-order valence-electron chi connectivity index (χ0n) is 22.5. The van der Waals surface area contributed by atoms with Gasteiger partial charge >= 0.3 is 0 Å². The molecule has 0 saturated carbocycles. The second-order valence-electron chi connectivity index (χ2n) is 10.1. The Kier molecular flexibility index (Phi) is 7.56. The van der Waals surface area contributed by atoms with E-state index in [1.165, 1.54) is 4.90 Å². The van der Waals surface area contributed by atoms with Gasteiger partial charge in [-0.25, -0.2) is 0 Å². The first kappa shape index (κ1) is 26.3. The minimum atomic E-state index is -0.754. The predicted molar refractivity (Wildman–Crippen MR) is 150 cm³/mol. The van der Waals surface area contributed by atoms with Crippen molar-refractivity contribution in [3.8, 4) is 11.5 Å². The third kappa shape index (κ3) is 5.47. The van der Waals surface area contributed by atoms with Gasteiger partial charge in [0, 0.05) is 25.7 Å². The van der Waals surface area contributed by atoms with Crippen LogP contribution in [0, 0.1) is 0 Å². The number of carbonyl (C=O) groups is 2.